The zero-order chi connectivity index (χ0) is 24.1. The summed E-state index contributed by atoms with van der Waals surface area (Å²) in [5, 5.41) is 13.5. The Morgan fingerprint density at radius 3 is 2.39 bits per heavy atom. The number of benzene rings is 2. The molecule has 0 aliphatic carbocycles. The molecule has 1 N–H and O–H groups in total. The molecule has 4 rings (SSSR count). The maximum Gasteiger partial charge on any atom is 0.435 e. The fourth-order valence-electron chi connectivity index (χ4n) is 3.47. The smallest absolute Gasteiger partial charge is 0.435 e. The molecule has 174 valence electrons. The quantitative estimate of drug-likeness (QED) is 0.593. The Kier molecular flexibility index (Phi) is 5.35. The Morgan fingerprint density at radius 2 is 1.79 bits per heavy atom. The van der Waals surface area contributed by atoms with E-state index in [9.17, 15) is 31.5 Å². The number of ether oxygens (including phenoxy) is 1. The number of para-hydroxylation sites is 1. The summed E-state index contributed by atoms with van der Waals surface area (Å²) in [6.07, 6.45) is -4.77. The summed E-state index contributed by atoms with van der Waals surface area (Å²) >= 11 is 0. The molecule has 2 heterocycles. The maximum absolute atomic E-state index is 13.2. The number of amides is 1. The van der Waals surface area contributed by atoms with E-state index in [4.69, 9.17) is 4.74 Å². The predicted octanol–water partition coefficient (Wildman–Crippen LogP) is 3.90. The SMILES string of the molecule is CC(C)c1cc(O)cc2c1C(=O)N(COc1cc(C(F)(F)F)nn1-c1ccccc1)S2(=O)=O. The second-order valence-corrected chi connectivity index (χ2v) is 9.44. The van der Waals surface area contributed by atoms with Gasteiger partial charge in [-0.25, -0.2) is 13.1 Å². The van der Waals surface area contributed by atoms with E-state index >= 15 is 0 Å². The second-order valence-electron chi connectivity index (χ2n) is 7.61. The van der Waals surface area contributed by atoms with Gasteiger partial charge in [-0.2, -0.15) is 22.6 Å². The lowest BCUT2D eigenvalue weighted by Gasteiger charge is -2.16. The minimum absolute atomic E-state index is 0.0982. The summed E-state index contributed by atoms with van der Waals surface area (Å²) in [5.41, 5.74) is -0.769. The van der Waals surface area contributed by atoms with Crippen LogP contribution in [0.3, 0.4) is 0 Å². The van der Waals surface area contributed by atoms with Crippen molar-refractivity contribution < 1.29 is 36.2 Å². The number of hydrogen-bond donors (Lipinski definition) is 1. The molecule has 33 heavy (non-hydrogen) atoms. The van der Waals surface area contributed by atoms with Gasteiger partial charge in [0.05, 0.1) is 11.3 Å². The first-order chi connectivity index (χ1) is 15.4. The fraction of sp³-hybridized carbons (Fsp3) is 0.238. The zero-order valence-corrected chi connectivity index (χ0v) is 18.2. The number of carbonyl (C=O) groups excluding carboxylic acids is 1. The lowest BCUT2D eigenvalue weighted by Crippen LogP contribution is -2.34. The minimum atomic E-state index is -4.77. The molecule has 3 aromatic rings. The van der Waals surface area contributed by atoms with Crippen molar-refractivity contribution in [1.82, 2.24) is 14.1 Å². The van der Waals surface area contributed by atoms with Gasteiger partial charge in [0.15, 0.2) is 12.4 Å². The number of fused-ring (bicyclic) bond motifs is 1. The number of phenols is 1. The lowest BCUT2D eigenvalue weighted by molar-refractivity contribution is -0.141. The van der Waals surface area contributed by atoms with Crippen LogP contribution < -0.4 is 4.74 Å². The third kappa shape index (κ3) is 3.90. The van der Waals surface area contributed by atoms with Crippen LogP contribution >= 0.6 is 0 Å². The number of nitrogens with zero attached hydrogens (tertiary/aromatic N) is 3. The van der Waals surface area contributed by atoms with Crippen LogP contribution in [-0.2, 0) is 16.2 Å². The molecule has 0 fully saturated rings. The van der Waals surface area contributed by atoms with Gasteiger partial charge in [-0.3, -0.25) is 4.79 Å². The van der Waals surface area contributed by atoms with Crippen LogP contribution in [0.4, 0.5) is 13.2 Å². The van der Waals surface area contributed by atoms with Crippen LogP contribution in [0.5, 0.6) is 11.6 Å². The summed E-state index contributed by atoms with van der Waals surface area (Å²) < 4.78 is 72.4. The van der Waals surface area contributed by atoms with E-state index in [-0.39, 0.29) is 27.8 Å². The highest BCUT2D eigenvalue weighted by Crippen LogP contribution is 2.39. The number of hydrogen-bond acceptors (Lipinski definition) is 6. The van der Waals surface area contributed by atoms with Crippen molar-refractivity contribution in [1.29, 1.82) is 0 Å². The molecule has 1 aliphatic heterocycles. The van der Waals surface area contributed by atoms with Gasteiger partial charge >= 0.3 is 6.18 Å². The van der Waals surface area contributed by atoms with Crippen LogP contribution in [0, 0.1) is 0 Å². The number of carbonyl (C=O) groups is 1. The zero-order valence-electron chi connectivity index (χ0n) is 17.4. The van der Waals surface area contributed by atoms with Gasteiger partial charge in [0, 0.05) is 12.1 Å². The molecular formula is C21H18F3N3O5S. The van der Waals surface area contributed by atoms with Crippen molar-refractivity contribution in [2.75, 3.05) is 6.73 Å². The second kappa shape index (κ2) is 7.80. The van der Waals surface area contributed by atoms with Gasteiger partial charge < -0.3 is 9.84 Å². The van der Waals surface area contributed by atoms with Crippen LogP contribution in [0.1, 0.15) is 41.4 Å². The third-order valence-electron chi connectivity index (χ3n) is 5.05. The van der Waals surface area contributed by atoms with Crippen molar-refractivity contribution in [2.45, 2.75) is 30.8 Å². The third-order valence-corrected chi connectivity index (χ3v) is 6.77. The Bertz CT molecular complexity index is 1340. The first-order valence-corrected chi connectivity index (χ1v) is 11.1. The van der Waals surface area contributed by atoms with E-state index in [1.54, 1.807) is 32.0 Å². The van der Waals surface area contributed by atoms with Crippen LogP contribution in [0.25, 0.3) is 5.69 Å². The van der Waals surface area contributed by atoms with Gasteiger partial charge in [0.25, 0.3) is 15.9 Å². The van der Waals surface area contributed by atoms with Gasteiger partial charge in [-0.05, 0) is 29.7 Å². The number of aromatic hydroxyl groups is 1. The molecule has 1 amide bonds. The van der Waals surface area contributed by atoms with E-state index in [2.05, 4.69) is 5.10 Å². The van der Waals surface area contributed by atoms with E-state index in [0.29, 0.717) is 15.9 Å². The van der Waals surface area contributed by atoms with Gasteiger partial charge in [0.2, 0.25) is 5.88 Å². The average Bonchev–Trinajstić information content (AvgIpc) is 3.25. The number of phenolic OH excluding ortho intramolecular Hbond substituents is 1. The van der Waals surface area contributed by atoms with Crippen LogP contribution in [-0.4, -0.2) is 40.2 Å². The van der Waals surface area contributed by atoms with Crippen LogP contribution in [0.15, 0.2) is 53.4 Å². The highest BCUT2D eigenvalue weighted by molar-refractivity contribution is 7.90. The first-order valence-electron chi connectivity index (χ1n) is 9.70. The number of aromatic nitrogens is 2. The van der Waals surface area contributed by atoms with Crippen molar-refractivity contribution >= 4 is 15.9 Å². The number of alkyl halides is 3. The van der Waals surface area contributed by atoms with Crippen molar-refractivity contribution in [2.24, 2.45) is 0 Å². The van der Waals surface area contributed by atoms with Gasteiger partial charge in [0.1, 0.15) is 10.6 Å². The number of sulfonamides is 1. The molecule has 0 radical (unpaired) electrons. The summed E-state index contributed by atoms with van der Waals surface area (Å²) in [6, 6.07) is 10.7. The maximum atomic E-state index is 13.2. The van der Waals surface area contributed by atoms with Crippen molar-refractivity contribution in [3.63, 3.8) is 0 Å². The highest BCUT2D eigenvalue weighted by atomic mass is 32.2. The molecule has 0 spiro atoms. The minimum Gasteiger partial charge on any atom is -0.508 e. The molecule has 0 unspecified atom stereocenters. The molecule has 0 saturated heterocycles. The van der Waals surface area contributed by atoms with E-state index in [0.717, 1.165) is 10.7 Å². The predicted molar refractivity (Wildman–Crippen MR) is 110 cm³/mol. The molecule has 1 aliphatic rings. The standard InChI is InChI=1S/C21H18F3N3O5S/c1-12(2)15-8-14(28)9-16-19(15)20(29)26(33(16,30)31)11-32-18-10-17(21(22,23)24)25-27(18)13-6-4-3-5-7-13/h3-10,12,28H,11H2,1-2H3. The van der Waals surface area contributed by atoms with Gasteiger partial charge in [-0.1, -0.05) is 32.0 Å². The molecule has 2 aromatic carbocycles. The molecule has 0 atom stereocenters. The Morgan fingerprint density at radius 1 is 1.12 bits per heavy atom. The first kappa shape index (κ1) is 22.6. The highest BCUT2D eigenvalue weighted by Gasteiger charge is 2.44. The molecular weight excluding hydrogens is 463 g/mol. The van der Waals surface area contributed by atoms with E-state index < -0.39 is 40.4 Å². The summed E-state index contributed by atoms with van der Waals surface area (Å²) in [6.45, 7) is 2.57. The van der Waals surface area contributed by atoms with Crippen molar-refractivity contribution in [3.05, 3.63) is 65.4 Å². The fourth-order valence-corrected chi connectivity index (χ4v) is 4.95. The van der Waals surface area contributed by atoms with Gasteiger partial charge in [-0.15, -0.1) is 0 Å². The monoisotopic (exact) mass is 481 g/mol. The summed E-state index contributed by atoms with van der Waals surface area (Å²) in [7, 11) is -4.40. The van der Waals surface area contributed by atoms with Crippen molar-refractivity contribution in [3.8, 4) is 17.3 Å². The van der Waals surface area contributed by atoms with E-state index in [1.165, 1.54) is 18.2 Å². The number of rotatable bonds is 5. The topological polar surface area (TPSA) is 102 Å². The summed E-state index contributed by atoms with van der Waals surface area (Å²) in [4.78, 5) is 12.6. The molecule has 0 bridgehead atoms. The number of halogens is 3. The van der Waals surface area contributed by atoms with Crippen LogP contribution in [0.2, 0.25) is 0 Å². The average molecular weight is 481 g/mol. The summed E-state index contributed by atoms with van der Waals surface area (Å²) in [5.74, 6) is -1.90. The normalized spacial score (nSPS) is 15.2. The molecule has 12 heteroatoms. The Balaban J connectivity index is 1.71. The Labute approximate surface area is 186 Å². The molecule has 8 nitrogen and oxygen atoms in total. The molecule has 1 aromatic heterocycles. The Hall–Kier alpha value is -3.54. The largest absolute Gasteiger partial charge is 0.508 e. The lowest BCUT2D eigenvalue weighted by atomic mass is 9.96. The van der Waals surface area contributed by atoms with E-state index in [1.807, 2.05) is 0 Å². The molecule has 0 saturated carbocycles.